The summed E-state index contributed by atoms with van der Waals surface area (Å²) in [6.07, 6.45) is 8.98. The maximum Gasteiger partial charge on any atom is 0.345 e. The first kappa shape index (κ1) is 38.8. The van der Waals surface area contributed by atoms with Gasteiger partial charge in [0.15, 0.2) is 17.1 Å². The quantitative estimate of drug-likeness (QED) is 0.0504. The van der Waals surface area contributed by atoms with Crippen LogP contribution in [0.3, 0.4) is 0 Å². The molecule has 1 heterocycles. The lowest BCUT2D eigenvalue weighted by molar-refractivity contribution is 0.0128. The lowest BCUT2D eigenvalue weighted by Gasteiger charge is -2.34. The van der Waals surface area contributed by atoms with Crippen molar-refractivity contribution < 1.29 is 41.3 Å². The smallest absolute Gasteiger partial charge is 0.345 e. The number of esters is 1. The molecule has 4 aromatic carbocycles. The summed E-state index contributed by atoms with van der Waals surface area (Å²) < 4.78 is 85.0. The summed E-state index contributed by atoms with van der Waals surface area (Å²) >= 11 is 0. The molecule has 0 unspecified atom stereocenters. The van der Waals surface area contributed by atoms with Crippen LogP contribution < -0.4 is 14.2 Å². The maximum atomic E-state index is 16.2. The molecule has 5 aromatic rings. The van der Waals surface area contributed by atoms with Crippen molar-refractivity contribution in [2.24, 2.45) is 0 Å². The van der Waals surface area contributed by atoms with Crippen LogP contribution in [0.1, 0.15) is 86.3 Å². The Bertz CT molecular complexity index is 1860. The highest BCUT2D eigenvalue weighted by Gasteiger charge is 2.43. The first-order chi connectivity index (χ1) is 25.7. The second kappa shape index (κ2) is 18.3. The molecule has 0 atom stereocenters. The van der Waals surface area contributed by atoms with Crippen LogP contribution >= 0.6 is 0 Å². The maximum absolute atomic E-state index is 16.2. The molecule has 0 saturated carbocycles. The Morgan fingerprint density at radius 3 is 1.49 bits per heavy atom. The Hall–Kier alpha value is -5.45. The fourth-order valence-electron chi connectivity index (χ4n) is 5.72. The number of benzene rings is 4. The minimum absolute atomic E-state index is 0.108. The fourth-order valence-corrected chi connectivity index (χ4v) is 5.72. The van der Waals surface area contributed by atoms with Crippen LogP contribution in [0, 0.1) is 23.3 Å². The van der Waals surface area contributed by atoms with Gasteiger partial charge < -0.3 is 18.9 Å². The van der Waals surface area contributed by atoms with Gasteiger partial charge in [0.1, 0.15) is 35.2 Å². The number of aromatic nitrogens is 2. The number of halogens is 4. The predicted molar refractivity (Wildman–Crippen MR) is 193 cm³/mol. The van der Waals surface area contributed by atoms with Gasteiger partial charge in [0.25, 0.3) is 0 Å². The lowest BCUT2D eigenvalue weighted by atomic mass is 9.81. The molecule has 1 aromatic heterocycles. The Labute approximate surface area is 306 Å². The van der Waals surface area contributed by atoms with E-state index in [0.717, 1.165) is 74.9 Å². The zero-order chi connectivity index (χ0) is 37.8. The lowest BCUT2D eigenvalue weighted by Crippen LogP contribution is -2.36. The number of ether oxygens (including phenoxy) is 4. The molecular formula is C42H42F4N2O5. The van der Waals surface area contributed by atoms with Crippen LogP contribution in [0.4, 0.5) is 17.6 Å². The summed E-state index contributed by atoms with van der Waals surface area (Å²) in [6, 6.07) is 15.3. The van der Waals surface area contributed by atoms with Gasteiger partial charge >= 0.3 is 5.97 Å². The highest BCUT2D eigenvalue weighted by atomic mass is 19.1. The third-order valence-corrected chi connectivity index (χ3v) is 8.57. The fraction of sp³-hybridized carbons (Fsp3) is 0.310. The Morgan fingerprint density at radius 1 is 0.604 bits per heavy atom. The van der Waals surface area contributed by atoms with Gasteiger partial charge in [-0.15, -0.1) is 0 Å². The van der Waals surface area contributed by atoms with Crippen LogP contribution in [-0.4, -0.2) is 35.8 Å². The van der Waals surface area contributed by atoms with E-state index < -0.39 is 40.4 Å². The van der Waals surface area contributed by atoms with E-state index in [1.165, 1.54) is 43.0 Å². The van der Waals surface area contributed by atoms with Crippen LogP contribution in [0.15, 0.2) is 91.5 Å². The van der Waals surface area contributed by atoms with E-state index in [-0.39, 0.29) is 22.3 Å². The van der Waals surface area contributed by atoms with Crippen molar-refractivity contribution in [3.63, 3.8) is 0 Å². The minimum atomic E-state index is -1.97. The molecule has 7 nitrogen and oxygen atoms in total. The zero-order valence-corrected chi connectivity index (χ0v) is 30.0. The average molecular weight is 731 g/mol. The molecule has 0 radical (unpaired) electrons. The van der Waals surface area contributed by atoms with Gasteiger partial charge in [-0.05, 0) is 78.9 Å². The first-order valence-corrected chi connectivity index (χ1v) is 17.8. The van der Waals surface area contributed by atoms with Crippen molar-refractivity contribution >= 4 is 5.97 Å². The van der Waals surface area contributed by atoms with Crippen molar-refractivity contribution in [2.45, 2.75) is 64.9 Å². The Balaban J connectivity index is 1.60. The predicted octanol–water partition coefficient (Wildman–Crippen LogP) is 10.4. The molecular weight excluding hydrogens is 688 g/mol. The van der Waals surface area contributed by atoms with Crippen molar-refractivity contribution in [1.29, 1.82) is 0 Å². The van der Waals surface area contributed by atoms with Crippen molar-refractivity contribution in [1.82, 2.24) is 9.97 Å². The van der Waals surface area contributed by atoms with E-state index in [0.29, 0.717) is 42.6 Å². The highest BCUT2D eigenvalue weighted by Crippen LogP contribution is 2.44. The summed E-state index contributed by atoms with van der Waals surface area (Å²) in [6.45, 7) is 7.33. The number of nitrogens with zero attached hydrogens (tertiary/aromatic N) is 2. The molecule has 0 aliphatic rings. The topological polar surface area (TPSA) is 79.8 Å². The Kier molecular flexibility index (Phi) is 13.4. The van der Waals surface area contributed by atoms with Crippen molar-refractivity contribution in [3.8, 4) is 28.4 Å². The average Bonchev–Trinajstić information content (AvgIpc) is 3.15. The second-order valence-electron chi connectivity index (χ2n) is 12.4. The SMILES string of the molecule is CCCCOc1cc(-c2cc(F)c(C(=O)OC(c3ccc(F)cc3)(c3ccc(F)cc3)c3cncnc3)c(F)c2)cc(OCCCC)c1OCCCC. The summed E-state index contributed by atoms with van der Waals surface area (Å²) in [4.78, 5) is 22.1. The highest BCUT2D eigenvalue weighted by molar-refractivity contribution is 5.92. The normalized spacial score (nSPS) is 11.3. The third-order valence-electron chi connectivity index (χ3n) is 8.57. The molecule has 5 rings (SSSR count). The minimum Gasteiger partial charge on any atom is -0.490 e. The molecule has 0 aliphatic heterocycles. The standard InChI is InChI=1S/C42H42F4N2O5/c1-4-7-18-50-37-23-29(24-38(51-19-8-5-2)40(37)52-20-9-6-3)28-21-35(45)39(36(46)22-28)41(49)53-42(32-25-47-27-48-26-32,30-10-14-33(43)15-11-30)31-12-16-34(44)17-13-31/h10-17,21-27H,4-9,18-20H2,1-3H3. The molecule has 278 valence electrons. The van der Waals surface area contributed by atoms with Gasteiger partial charge in [-0.2, -0.15) is 0 Å². The number of hydrogen-bond acceptors (Lipinski definition) is 7. The molecule has 0 amide bonds. The van der Waals surface area contributed by atoms with Gasteiger partial charge in [0.05, 0.1) is 19.8 Å². The van der Waals surface area contributed by atoms with E-state index in [9.17, 15) is 13.6 Å². The molecule has 0 spiro atoms. The largest absolute Gasteiger partial charge is 0.490 e. The van der Waals surface area contributed by atoms with Crippen molar-refractivity contribution in [3.05, 3.63) is 137 Å². The van der Waals surface area contributed by atoms with Gasteiger partial charge in [0, 0.05) is 29.1 Å². The monoisotopic (exact) mass is 730 g/mol. The van der Waals surface area contributed by atoms with E-state index >= 15 is 8.78 Å². The molecule has 0 fully saturated rings. The first-order valence-electron chi connectivity index (χ1n) is 17.8. The van der Waals surface area contributed by atoms with Crippen LogP contribution in [0.25, 0.3) is 11.1 Å². The summed E-state index contributed by atoms with van der Waals surface area (Å²) in [5.41, 5.74) is -1.92. The number of hydrogen-bond donors (Lipinski definition) is 0. The molecule has 0 N–H and O–H groups in total. The molecule has 0 bridgehead atoms. The molecule has 11 heteroatoms. The van der Waals surface area contributed by atoms with E-state index in [1.54, 1.807) is 12.1 Å². The van der Waals surface area contributed by atoms with Crippen molar-refractivity contribution in [2.75, 3.05) is 19.8 Å². The van der Waals surface area contributed by atoms with Gasteiger partial charge in [-0.1, -0.05) is 64.3 Å². The van der Waals surface area contributed by atoms with Gasteiger partial charge in [-0.3, -0.25) is 0 Å². The number of rotatable bonds is 18. The second-order valence-corrected chi connectivity index (χ2v) is 12.4. The summed E-state index contributed by atoms with van der Waals surface area (Å²) in [5, 5.41) is 0. The van der Waals surface area contributed by atoms with Crippen LogP contribution in [0.5, 0.6) is 17.2 Å². The van der Waals surface area contributed by atoms with Gasteiger partial charge in [0.2, 0.25) is 5.75 Å². The van der Waals surface area contributed by atoms with Crippen LogP contribution in [0.2, 0.25) is 0 Å². The summed E-state index contributed by atoms with van der Waals surface area (Å²) in [5.74, 6) is -3.79. The number of unbranched alkanes of at least 4 members (excludes halogenated alkanes) is 3. The van der Waals surface area contributed by atoms with E-state index in [1.807, 2.05) is 20.8 Å². The zero-order valence-electron chi connectivity index (χ0n) is 30.0. The van der Waals surface area contributed by atoms with E-state index in [4.69, 9.17) is 18.9 Å². The number of carbonyl (C=O) groups excluding carboxylic acids is 1. The molecule has 53 heavy (non-hydrogen) atoms. The van der Waals surface area contributed by atoms with E-state index in [2.05, 4.69) is 9.97 Å². The number of carbonyl (C=O) groups is 1. The van der Waals surface area contributed by atoms with Gasteiger partial charge in [-0.25, -0.2) is 32.3 Å². The molecule has 0 saturated heterocycles. The van der Waals surface area contributed by atoms with Crippen LogP contribution in [-0.2, 0) is 10.3 Å². The Morgan fingerprint density at radius 2 is 1.04 bits per heavy atom. The molecule has 0 aliphatic carbocycles. The summed E-state index contributed by atoms with van der Waals surface area (Å²) in [7, 11) is 0. The third kappa shape index (κ3) is 9.14.